The Labute approximate surface area is 131 Å². The number of aromatic nitrogens is 2. The molecule has 1 aliphatic rings. The summed E-state index contributed by atoms with van der Waals surface area (Å²) in [4.78, 5) is 10.6. The van der Waals surface area contributed by atoms with Crippen molar-refractivity contribution in [3.05, 3.63) is 31.1 Å². The molecule has 7 heteroatoms. The van der Waals surface area contributed by atoms with Crippen molar-refractivity contribution in [2.75, 3.05) is 20.3 Å². The van der Waals surface area contributed by atoms with Crippen molar-refractivity contribution in [2.45, 2.75) is 25.3 Å². The van der Waals surface area contributed by atoms with E-state index < -0.39 is 0 Å². The highest BCUT2D eigenvalue weighted by atomic mass is 35.5. The molecule has 0 radical (unpaired) electrons. The van der Waals surface area contributed by atoms with E-state index in [0.717, 1.165) is 29.4 Å². The lowest BCUT2D eigenvalue weighted by molar-refractivity contribution is 0.197. The van der Waals surface area contributed by atoms with E-state index in [1.54, 1.807) is 24.6 Å². The maximum atomic E-state index is 6.01. The third-order valence-corrected chi connectivity index (χ3v) is 5.66. The second-order valence-electron chi connectivity index (χ2n) is 4.66. The molecule has 2 heterocycles. The molecule has 0 aromatic carbocycles. The molecule has 0 fully saturated rings. The molecule has 20 heavy (non-hydrogen) atoms. The van der Waals surface area contributed by atoms with Gasteiger partial charge in [0.1, 0.15) is 20.4 Å². The molecule has 2 aromatic rings. The molecule has 0 bridgehead atoms. The lowest BCUT2D eigenvalue weighted by atomic mass is 10.3. The number of methoxy groups -OCH3 is 1. The zero-order valence-corrected chi connectivity index (χ0v) is 13.6. The van der Waals surface area contributed by atoms with Gasteiger partial charge in [0.05, 0.1) is 18.5 Å². The van der Waals surface area contributed by atoms with E-state index in [9.17, 15) is 0 Å². The van der Waals surface area contributed by atoms with Crippen molar-refractivity contribution < 1.29 is 4.74 Å². The second kappa shape index (κ2) is 6.49. The van der Waals surface area contributed by atoms with Crippen LogP contribution in [0.1, 0.15) is 33.0 Å². The number of rotatable bonds is 6. The molecule has 1 unspecified atom stereocenters. The molecule has 3 rings (SSSR count). The maximum absolute atomic E-state index is 6.01. The summed E-state index contributed by atoms with van der Waals surface area (Å²) in [5, 5.41) is 5.53. The monoisotopic (exact) mass is 329 g/mol. The zero-order valence-electron chi connectivity index (χ0n) is 11.2. The topological polar surface area (TPSA) is 47.0 Å². The van der Waals surface area contributed by atoms with Crippen molar-refractivity contribution in [1.82, 2.24) is 15.3 Å². The van der Waals surface area contributed by atoms with Gasteiger partial charge in [0.25, 0.3) is 0 Å². The number of halogens is 1. The standard InChI is InChI=1S/C13H16ClN3OS2/c1-18-6-5-15-11(12-16-7-10(14)20-12)13-17-8-3-2-4-9(8)19-13/h7,11,15H,2-6H2,1H3. The third kappa shape index (κ3) is 3.04. The van der Waals surface area contributed by atoms with E-state index in [1.807, 2.05) is 0 Å². The van der Waals surface area contributed by atoms with E-state index in [1.165, 1.54) is 28.3 Å². The Balaban J connectivity index is 1.83. The summed E-state index contributed by atoms with van der Waals surface area (Å²) < 4.78 is 5.82. The van der Waals surface area contributed by atoms with Crippen LogP contribution in [0.25, 0.3) is 0 Å². The van der Waals surface area contributed by atoms with Crippen LogP contribution in [-0.4, -0.2) is 30.2 Å². The Morgan fingerprint density at radius 3 is 3.00 bits per heavy atom. The molecule has 1 N–H and O–H groups in total. The van der Waals surface area contributed by atoms with Crippen molar-refractivity contribution in [2.24, 2.45) is 0 Å². The predicted molar refractivity (Wildman–Crippen MR) is 83.0 cm³/mol. The molecule has 0 saturated heterocycles. The largest absolute Gasteiger partial charge is 0.383 e. The average molecular weight is 330 g/mol. The van der Waals surface area contributed by atoms with Crippen LogP contribution < -0.4 is 5.32 Å². The highest BCUT2D eigenvalue weighted by Crippen LogP contribution is 2.35. The number of fused-ring (bicyclic) bond motifs is 1. The predicted octanol–water partition coefficient (Wildman–Crippen LogP) is 3.07. The van der Waals surface area contributed by atoms with Crippen LogP contribution in [-0.2, 0) is 17.6 Å². The maximum Gasteiger partial charge on any atom is 0.118 e. The molecular weight excluding hydrogens is 314 g/mol. The fourth-order valence-corrected chi connectivity index (χ4v) is 4.64. The van der Waals surface area contributed by atoms with Gasteiger partial charge in [-0.2, -0.15) is 0 Å². The van der Waals surface area contributed by atoms with Crippen molar-refractivity contribution in [3.63, 3.8) is 0 Å². The normalized spacial score (nSPS) is 15.5. The third-order valence-electron chi connectivity index (χ3n) is 3.26. The Morgan fingerprint density at radius 2 is 2.30 bits per heavy atom. The molecule has 4 nitrogen and oxygen atoms in total. The van der Waals surface area contributed by atoms with E-state index in [4.69, 9.17) is 21.3 Å². The molecule has 1 atom stereocenters. The Morgan fingerprint density at radius 1 is 1.40 bits per heavy atom. The summed E-state index contributed by atoms with van der Waals surface area (Å²) in [6.07, 6.45) is 5.21. The average Bonchev–Trinajstić information content (AvgIpc) is 3.10. The van der Waals surface area contributed by atoms with Crippen LogP contribution in [0.5, 0.6) is 0 Å². The SMILES string of the molecule is COCCNC(c1ncc(Cl)s1)c1nc2c(s1)CCC2. The first-order valence-corrected chi connectivity index (χ1v) is 8.61. The Bertz CT molecular complexity index is 562. The van der Waals surface area contributed by atoms with Gasteiger partial charge in [-0.15, -0.1) is 22.7 Å². The number of aryl methyl sites for hydroxylation is 2. The molecule has 108 valence electrons. The minimum atomic E-state index is 0.0262. The number of thiazole rings is 2. The lowest BCUT2D eigenvalue weighted by Crippen LogP contribution is -2.25. The quantitative estimate of drug-likeness (QED) is 0.827. The summed E-state index contributed by atoms with van der Waals surface area (Å²) in [5.41, 5.74) is 1.27. The number of hydrogen-bond donors (Lipinski definition) is 1. The van der Waals surface area contributed by atoms with Gasteiger partial charge in [0.2, 0.25) is 0 Å². The lowest BCUT2D eigenvalue weighted by Gasteiger charge is -2.13. The van der Waals surface area contributed by atoms with Crippen LogP contribution in [0.4, 0.5) is 0 Å². The van der Waals surface area contributed by atoms with Crippen LogP contribution in [0.2, 0.25) is 4.34 Å². The highest BCUT2D eigenvalue weighted by Gasteiger charge is 2.24. The summed E-state index contributed by atoms with van der Waals surface area (Å²) in [7, 11) is 1.70. The van der Waals surface area contributed by atoms with Crippen molar-refractivity contribution in [3.8, 4) is 0 Å². The van der Waals surface area contributed by atoms with Gasteiger partial charge in [0.15, 0.2) is 0 Å². The zero-order chi connectivity index (χ0) is 13.9. The number of nitrogens with one attached hydrogen (secondary N) is 1. The van der Waals surface area contributed by atoms with Gasteiger partial charge in [-0.3, -0.25) is 5.32 Å². The minimum Gasteiger partial charge on any atom is -0.383 e. The number of hydrogen-bond acceptors (Lipinski definition) is 6. The first-order valence-electron chi connectivity index (χ1n) is 6.60. The highest BCUT2D eigenvalue weighted by molar-refractivity contribution is 7.16. The van der Waals surface area contributed by atoms with Gasteiger partial charge >= 0.3 is 0 Å². The van der Waals surface area contributed by atoms with Crippen LogP contribution in [0.15, 0.2) is 6.20 Å². The Kier molecular flexibility index (Phi) is 4.68. The van der Waals surface area contributed by atoms with Gasteiger partial charge in [0, 0.05) is 18.5 Å². The van der Waals surface area contributed by atoms with Crippen LogP contribution in [0.3, 0.4) is 0 Å². The summed E-state index contributed by atoms with van der Waals surface area (Å²) in [6.45, 7) is 1.43. The van der Waals surface area contributed by atoms with Crippen molar-refractivity contribution in [1.29, 1.82) is 0 Å². The molecule has 1 aliphatic carbocycles. The molecule has 0 spiro atoms. The van der Waals surface area contributed by atoms with Crippen molar-refractivity contribution >= 4 is 34.3 Å². The summed E-state index contributed by atoms with van der Waals surface area (Å²) >= 11 is 9.32. The van der Waals surface area contributed by atoms with Crippen LogP contribution >= 0.6 is 34.3 Å². The van der Waals surface area contributed by atoms with Gasteiger partial charge < -0.3 is 4.74 Å². The fourth-order valence-electron chi connectivity index (χ4n) is 2.32. The van der Waals surface area contributed by atoms with Crippen LogP contribution in [0, 0.1) is 0 Å². The number of nitrogens with zero attached hydrogens (tertiary/aromatic N) is 2. The molecule has 2 aromatic heterocycles. The Hall–Kier alpha value is -0.530. The van der Waals surface area contributed by atoms with Gasteiger partial charge in [-0.25, -0.2) is 9.97 Å². The van der Waals surface area contributed by atoms with Gasteiger partial charge in [-0.1, -0.05) is 11.6 Å². The van der Waals surface area contributed by atoms with Gasteiger partial charge in [-0.05, 0) is 19.3 Å². The fraction of sp³-hybridized carbons (Fsp3) is 0.538. The van der Waals surface area contributed by atoms with E-state index in [-0.39, 0.29) is 6.04 Å². The van der Waals surface area contributed by atoms with E-state index >= 15 is 0 Å². The first kappa shape index (κ1) is 14.4. The molecule has 0 aliphatic heterocycles. The smallest absolute Gasteiger partial charge is 0.118 e. The first-order chi connectivity index (χ1) is 9.78. The van der Waals surface area contributed by atoms with E-state index in [0.29, 0.717) is 10.9 Å². The van der Waals surface area contributed by atoms with E-state index in [2.05, 4.69) is 10.3 Å². The molecule has 0 amide bonds. The minimum absolute atomic E-state index is 0.0262. The molecule has 0 saturated carbocycles. The number of ether oxygens (including phenoxy) is 1. The molecular formula is C13H16ClN3OS2. The summed E-state index contributed by atoms with van der Waals surface area (Å²) in [6, 6.07) is 0.0262. The summed E-state index contributed by atoms with van der Waals surface area (Å²) in [5.74, 6) is 0. The second-order valence-corrected chi connectivity index (χ2v) is 7.47.